The van der Waals surface area contributed by atoms with Crippen LogP contribution in [-0.2, 0) is 14.4 Å². The average molecular weight is 151 g/mol. The molecule has 0 aliphatic heterocycles. The lowest BCUT2D eigenvalue weighted by Crippen LogP contribution is -2.13. The Labute approximate surface area is 54.4 Å². The Bertz CT molecular complexity index is 182. The van der Waals surface area contributed by atoms with Gasteiger partial charge in [0.1, 0.15) is 0 Å². The zero-order valence-electron chi connectivity index (χ0n) is 5.07. The SMILES string of the molecule is CC=CCS(=O)(=O)ON. The molecule has 0 aromatic carbocycles. The average Bonchev–Trinajstić information content (AvgIpc) is 1.84. The van der Waals surface area contributed by atoms with Crippen LogP contribution < -0.4 is 5.90 Å². The van der Waals surface area contributed by atoms with Gasteiger partial charge in [-0.05, 0) is 6.92 Å². The topological polar surface area (TPSA) is 69.4 Å². The molecule has 4 nitrogen and oxygen atoms in total. The summed E-state index contributed by atoms with van der Waals surface area (Å²) in [5.74, 6) is 4.26. The molecule has 0 bridgehead atoms. The van der Waals surface area contributed by atoms with Crippen molar-refractivity contribution in [2.75, 3.05) is 5.75 Å². The normalized spacial score (nSPS) is 12.7. The molecule has 0 heterocycles. The summed E-state index contributed by atoms with van der Waals surface area (Å²) in [4.78, 5) is 0. The fourth-order valence-electron chi connectivity index (χ4n) is 0.253. The summed E-state index contributed by atoms with van der Waals surface area (Å²) < 4.78 is 24.4. The van der Waals surface area contributed by atoms with Crippen molar-refractivity contribution < 1.29 is 12.7 Å². The summed E-state index contributed by atoms with van der Waals surface area (Å²) in [5.41, 5.74) is 0. The van der Waals surface area contributed by atoms with Gasteiger partial charge in [0, 0.05) is 0 Å². The molecule has 0 aromatic rings. The van der Waals surface area contributed by atoms with Crippen LogP contribution in [0.4, 0.5) is 0 Å². The Morgan fingerprint density at radius 2 is 2.22 bits per heavy atom. The summed E-state index contributed by atoms with van der Waals surface area (Å²) in [6.45, 7) is 1.71. The molecule has 0 spiro atoms. The van der Waals surface area contributed by atoms with Gasteiger partial charge in [0.15, 0.2) is 0 Å². The zero-order valence-corrected chi connectivity index (χ0v) is 5.89. The number of rotatable bonds is 3. The van der Waals surface area contributed by atoms with Crippen LogP contribution in [0, 0.1) is 0 Å². The second-order valence-electron chi connectivity index (χ2n) is 1.39. The van der Waals surface area contributed by atoms with Gasteiger partial charge in [-0.2, -0.15) is 18.6 Å². The molecular weight excluding hydrogens is 142 g/mol. The summed E-state index contributed by atoms with van der Waals surface area (Å²) in [7, 11) is -3.49. The van der Waals surface area contributed by atoms with Crippen molar-refractivity contribution in [3.05, 3.63) is 12.2 Å². The second kappa shape index (κ2) is 3.60. The highest BCUT2D eigenvalue weighted by Gasteiger charge is 2.03. The third kappa shape index (κ3) is 4.14. The molecule has 0 rings (SSSR count). The molecule has 5 heteroatoms. The van der Waals surface area contributed by atoms with Gasteiger partial charge in [-0.1, -0.05) is 12.2 Å². The van der Waals surface area contributed by atoms with E-state index in [4.69, 9.17) is 0 Å². The number of hydrogen-bond donors (Lipinski definition) is 1. The summed E-state index contributed by atoms with van der Waals surface area (Å²) >= 11 is 0. The molecule has 0 atom stereocenters. The lowest BCUT2D eigenvalue weighted by atomic mass is 10.6. The summed E-state index contributed by atoms with van der Waals surface area (Å²) in [6.07, 6.45) is 3.05. The van der Waals surface area contributed by atoms with E-state index in [1.54, 1.807) is 13.0 Å². The van der Waals surface area contributed by atoms with E-state index in [2.05, 4.69) is 10.2 Å². The summed E-state index contributed by atoms with van der Waals surface area (Å²) in [5, 5.41) is 0. The predicted molar refractivity (Wildman–Crippen MR) is 33.9 cm³/mol. The summed E-state index contributed by atoms with van der Waals surface area (Å²) in [6, 6.07) is 0. The maximum atomic E-state index is 10.4. The highest BCUT2D eigenvalue weighted by atomic mass is 32.2. The van der Waals surface area contributed by atoms with Crippen LogP contribution in [0.1, 0.15) is 6.92 Å². The molecule has 54 valence electrons. The van der Waals surface area contributed by atoms with Crippen LogP contribution in [0.2, 0.25) is 0 Å². The Balaban J connectivity index is 3.90. The maximum absolute atomic E-state index is 10.4. The van der Waals surface area contributed by atoms with Gasteiger partial charge in [-0.25, -0.2) is 0 Å². The van der Waals surface area contributed by atoms with E-state index in [0.29, 0.717) is 0 Å². The van der Waals surface area contributed by atoms with Crippen LogP contribution in [0.5, 0.6) is 0 Å². The molecular formula is C4H9NO3S. The second-order valence-corrected chi connectivity index (χ2v) is 3.03. The lowest BCUT2D eigenvalue weighted by molar-refractivity contribution is 0.335. The number of allylic oxidation sites excluding steroid dienone is 1. The van der Waals surface area contributed by atoms with E-state index in [9.17, 15) is 8.42 Å². The minimum absolute atomic E-state index is 0.167. The first kappa shape index (κ1) is 8.61. The van der Waals surface area contributed by atoms with Crippen molar-refractivity contribution in [1.82, 2.24) is 0 Å². The minimum Gasteiger partial charge on any atom is -0.198 e. The van der Waals surface area contributed by atoms with E-state index in [1.165, 1.54) is 6.08 Å². The van der Waals surface area contributed by atoms with Gasteiger partial charge in [-0.3, -0.25) is 0 Å². The Morgan fingerprint density at radius 3 is 2.56 bits per heavy atom. The van der Waals surface area contributed by atoms with Crippen molar-refractivity contribution in [2.45, 2.75) is 6.92 Å². The smallest absolute Gasteiger partial charge is 0.198 e. The molecule has 0 saturated heterocycles. The quantitative estimate of drug-likeness (QED) is 0.447. The Morgan fingerprint density at radius 1 is 1.67 bits per heavy atom. The highest BCUT2D eigenvalue weighted by molar-refractivity contribution is 7.86. The fourth-order valence-corrected chi connectivity index (χ4v) is 0.760. The van der Waals surface area contributed by atoms with Gasteiger partial charge < -0.3 is 0 Å². The third-order valence-electron chi connectivity index (χ3n) is 0.683. The molecule has 2 N–H and O–H groups in total. The fraction of sp³-hybridized carbons (Fsp3) is 0.500. The highest BCUT2D eigenvalue weighted by Crippen LogP contribution is 1.87. The Hall–Kier alpha value is -0.390. The number of hydrogen-bond acceptors (Lipinski definition) is 4. The van der Waals surface area contributed by atoms with E-state index in [-0.39, 0.29) is 5.75 Å². The first-order chi connectivity index (χ1) is 4.12. The van der Waals surface area contributed by atoms with Crippen molar-refractivity contribution >= 4 is 10.1 Å². The zero-order chi connectivity index (χ0) is 7.33. The van der Waals surface area contributed by atoms with Gasteiger partial charge in [-0.15, -0.1) is 0 Å². The Kier molecular flexibility index (Phi) is 3.44. The van der Waals surface area contributed by atoms with E-state index in [1.807, 2.05) is 0 Å². The van der Waals surface area contributed by atoms with Gasteiger partial charge in [0.2, 0.25) is 0 Å². The first-order valence-electron chi connectivity index (χ1n) is 2.34. The van der Waals surface area contributed by atoms with E-state index in [0.717, 1.165) is 0 Å². The molecule has 0 saturated carbocycles. The molecule has 0 amide bonds. The van der Waals surface area contributed by atoms with Crippen molar-refractivity contribution in [2.24, 2.45) is 5.90 Å². The third-order valence-corrected chi connectivity index (χ3v) is 1.58. The lowest BCUT2D eigenvalue weighted by Gasteiger charge is -1.92. The first-order valence-corrected chi connectivity index (χ1v) is 3.92. The van der Waals surface area contributed by atoms with Gasteiger partial charge in [0.05, 0.1) is 5.75 Å². The molecule has 0 radical (unpaired) electrons. The predicted octanol–water partition coefficient (Wildman–Crippen LogP) is -0.217. The van der Waals surface area contributed by atoms with Crippen molar-refractivity contribution in [1.29, 1.82) is 0 Å². The van der Waals surface area contributed by atoms with E-state index < -0.39 is 10.1 Å². The standard InChI is InChI=1S/C4H9NO3S/c1-2-3-4-9(6,7)8-5/h2-3H,4-5H2,1H3. The number of nitrogens with two attached hydrogens (primary N) is 1. The molecule has 9 heavy (non-hydrogen) atoms. The van der Waals surface area contributed by atoms with Gasteiger partial charge >= 0.3 is 0 Å². The van der Waals surface area contributed by atoms with Crippen molar-refractivity contribution in [3.63, 3.8) is 0 Å². The molecule has 0 aromatic heterocycles. The van der Waals surface area contributed by atoms with Crippen molar-refractivity contribution in [3.8, 4) is 0 Å². The van der Waals surface area contributed by atoms with Crippen LogP contribution in [0.15, 0.2) is 12.2 Å². The van der Waals surface area contributed by atoms with Crippen LogP contribution in [0.25, 0.3) is 0 Å². The molecule has 0 fully saturated rings. The van der Waals surface area contributed by atoms with Crippen LogP contribution >= 0.6 is 0 Å². The van der Waals surface area contributed by atoms with Gasteiger partial charge in [0.25, 0.3) is 10.1 Å². The monoisotopic (exact) mass is 151 g/mol. The largest absolute Gasteiger partial charge is 0.286 e. The van der Waals surface area contributed by atoms with E-state index >= 15 is 0 Å². The van der Waals surface area contributed by atoms with Crippen LogP contribution in [0.3, 0.4) is 0 Å². The minimum atomic E-state index is -3.49. The van der Waals surface area contributed by atoms with Crippen LogP contribution in [-0.4, -0.2) is 14.2 Å². The molecule has 0 aliphatic carbocycles. The maximum Gasteiger partial charge on any atom is 0.286 e. The molecule has 0 aliphatic rings. The molecule has 0 unspecified atom stereocenters.